The van der Waals surface area contributed by atoms with Gasteiger partial charge in [0.25, 0.3) is 0 Å². The number of aromatic nitrogens is 2. The highest BCUT2D eigenvalue weighted by Gasteiger charge is 2.22. The normalized spacial score (nSPS) is 14.1. The summed E-state index contributed by atoms with van der Waals surface area (Å²) in [5.74, 6) is 0.992. The van der Waals surface area contributed by atoms with E-state index in [-0.39, 0.29) is 17.4 Å². The number of rotatable bonds is 6. The largest absolute Gasteiger partial charge is 0.494 e. The topological polar surface area (TPSA) is 65.2 Å². The van der Waals surface area contributed by atoms with Crippen LogP contribution in [-0.2, 0) is 16.6 Å². The summed E-state index contributed by atoms with van der Waals surface area (Å²) in [5.41, 5.74) is 0.632. The standard InChI is InChI=1S/C15H19FN2O3S/c1-9(2)14-17-15(21-18-14)10(3)22(19)8-11-5-6-13(20-4)12(16)7-11/h5-7,9-10H,8H2,1-4H3/t10-,22-/m1/s1. The monoisotopic (exact) mass is 326 g/mol. The molecule has 7 heteroatoms. The molecular formula is C15H19FN2O3S. The van der Waals surface area contributed by atoms with E-state index in [1.807, 2.05) is 13.8 Å². The van der Waals surface area contributed by atoms with Gasteiger partial charge in [-0.25, -0.2) is 4.39 Å². The SMILES string of the molecule is COc1ccc(C[S@@](=O)[C@H](C)c2nc(C(C)C)no2)cc1F. The summed E-state index contributed by atoms with van der Waals surface area (Å²) in [5, 5.41) is 3.45. The third-order valence-electron chi connectivity index (χ3n) is 3.24. The van der Waals surface area contributed by atoms with Crippen LogP contribution >= 0.6 is 0 Å². The zero-order valence-corrected chi connectivity index (χ0v) is 13.8. The van der Waals surface area contributed by atoms with Crippen LogP contribution in [0.1, 0.15) is 49.2 Å². The fourth-order valence-corrected chi connectivity index (χ4v) is 2.93. The van der Waals surface area contributed by atoms with Crippen molar-refractivity contribution >= 4 is 10.8 Å². The second-order valence-corrected chi connectivity index (χ2v) is 7.04. The van der Waals surface area contributed by atoms with Gasteiger partial charge in [0.2, 0.25) is 5.89 Å². The maximum absolute atomic E-state index is 13.7. The molecule has 0 amide bonds. The Hall–Kier alpha value is -1.76. The van der Waals surface area contributed by atoms with Gasteiger partial charge in [-0.05, 0) is 24.6 Å². The summed E-state index contributed by atoms with van der Waals surface area (Å²) in [4.78, 5) is 4.25. The predicted octanol–water partition coefficient (Wildman–Crippen LogP) is 3.35. The minimum absolute atomic E-state index is 0.147. The van der Waals surface area contributed by atoms with Gasteiger partial charge < -0.3 is 9.26 Å². The molecular weight excluding hydrogens is 307 g/mol. The van der Waals surface area contributed by atoms with Crippen molar-refractivity contribution in [3.05, 3.63) is 41.3 Å². The molecule has 2 atom stereocenters. The lowest BCUT2D eigenvalue weighted by molar-refractivity contribution is 0.371. The Balaban J connectivity index is 2.09. The van der Waals surface area contributed by atoms with Crippen molar-refractivity contribution in [1.29, 1.82) is 0 Å². The number of hydrogen-bond donors (Lipinski definition) is 0. The Kier molecular flexibility index (Phi) is 5.28. The maximum atomic E-state index is 13.7. The molecule has 0 aliphatic carbocycles. The predicted molar refractivity (Wildman–Crippen MR) is 81.6 cm³/mol. The Bertz CT molecular complexity index is 673. The second-order valence-electron chi connectivity index (χ2n) is 5.28. The van der Waals surface area contributed by atoms with Crippen LogP contribution in [0.25, 0.3) is 0 Å². The molecule has 1 heterocycles. The first kappa shape index (κ1) is 16.6. The van der Waals surface area contributed by atoms with E-state index in [1.165, 1.54) is 19.2 Å². The highest BCUT2D eigenvalue weighted by Crippen LogP contribution is 2.24. The van der Waals surface area contributed by atoms with E-state index < -0.39 is 21.9 Å². The van der Waals surface area contributed by atoms with Crippen LogP contribution in [0.15, 0.2) is 22.7 Å². The molecule has 2 rings (SSSR count). The molecule has 0 aliphatic rings. The summed E-state index contributed by atoms with van der Waals surface area (Å²) in [7, 11) is 0.116. The Morgan fingerprint density at radius 2 is 2.09 bits per heavy atom. The summed E-state index contributed by atoms with van der Waals surface area (Å²) in [6.07, 6.45) is 0. The van der Waals surface area contributed by atoms with Crippen LogP contribution in [0.3, 0.4) is 0 Å². The number of hydrogen-bond acceptors (Lipinski definition) is 5. The van der Waals surface area contributed by atoms with Crippen LogP contribution in [0.4, 0.5) is 4.39 Å². The molecule has 22 heavy (non-hydrogen) atoms. The van der Waals surface area contributed by atoms with Gasteiger partial charge >= 0.3 is 0 Å². The summed E-state index contributed by atoms with van der Waals surface area (Å²) >= 11 is 0. The third kappa shape index (κ3) is 3.71. The van der Waals surface area contributed by atoms with Crippen molar-refractivity contribution in [3.8, 4) is 5.75 Å². The molecule has 0 aliphatic heterocycles. The maximum Gasteiger partial charge on any atom is 0.242 e. The minimum Gasteiger partial charge on any atom is -0.494 e. The quantitative estimate of drug-likeness (QED) is 0.814. The fourth-order valence-electron chi connectivity index (χ4n) is 1.85. The van der Waals surface area contributed by atoms with Crippen molar-refractivity contribution in [2.24, 2.45) is 0 Å². The first-order valence-electron chi connectivity index (χ1n) is 6.95. The molecule has 0 unspecified atom stereocenters. The number of ether oxygens (including phenoxy) is 1. The van der Waals surface area contributed by atoms with Gasteiger partial charge in [-0.3, -0.25) is 4.21 Å². The Labute approximate surface area is 131 Å². The van der Waals surface area contributed by atoms with Gasteiger partial charge in [0.15, 0.2) is 17.4 Å². The number of methoxy groups -OCH3 is 1. The van der Waals surface area contributed by atoms with Crippen molar-refractivity contribution in [2.45, 2.75) is 37.7 Å². The fraction of sp³-hybridized carbons (Fsp3) is 0.467. The van der Waals surface area contributed by atoms with Gasteiger partial charge in [-0.2, -0.15) is 4.98 Å². The van der Waals surface area contributed by atoms with Crippen molar-refractivity contribution in [2.75, 3.05) is 7.11 Å². The lowest BCUT2D eigenvalue weighted by atomic mass is 10.2. The Morgan fingerprint density at radius 1 is 1.36 bits per heavy atom. The smallest absolute Gasteiger partial charge is 0.242 e. The summed E-state index contributed by atoms with van der Waals surface area (Å²) in [6, 6.07) is 4.55. The molecule has 0 fully saturated rings. The average Bonchev–Trinajstić information content (AvgIpc) is 2.96. The van der Waals surface area contributed by atoms with Crippen molar-refractivity contribution < 1.29 is 17.9 Å². The van der Waals surface area contributed by atoms with E-state index in [2.05, 4.69) is 10.1 Å². The lowest BCUT2D eigenvalue weighted by Gasteiger charge is -2.08. The molecule has 0 bridgehead atoms. The van der Waals surface area contributed by atoms with Gasteiger partial charge in [0, 0.05) is 22.5 Å². The van der Waals surface area contributed by atoms with Gasteiger partial charge in [-0.1, -0.05) is 25.1 Å². The highest BCUT2D eigenvalue weighted by molar-refractivity contribution is 7.84. The third-order valence-corrected chi connectivity index (χ3v) is 4.85. The van der Waals surface area contributed by atoms with Crippen LogP contribution in [0.5, 0.6) is 5.75 Å². The lowest BCUT2D eigenvalue weighted by Crippen LogP contribution is -2.06. The van der Waals surface area contributed by atoms with E-state index in [1.54, 1.807) is 13.0 Å². The highest BCUT2D eigenvalue weighted by atomic mass is 32.2. The summed E-state index contributed by atoms with van der Waals surface area (Å²) < 4.78 is 36.1. The molecule has 2 aromatic rings. The molecule has 0 saturated carbocycles. The number of nitrogens with zero attached hydrogens (tertiary/aromatic N) is 2. The van der Waals surface area contributed by atoms with E-state index in [0.717, 1.165) is 0 Å². The number of halogens is 1. The molecule has 0 radical (unpaired) electrons. The molecule has 0 N–H and O–H groups in total. The Morgan fingerprint density at radius 3 is 2.64 bits per heavy atom. The van der Waals surface area contributed by atoms with Gasteiger partial charge in [0.1, 0.15) is 5.25 Å². The summed E-state index contributed by atoms with van der Waals surface area (Å²) in [6.45, 7) is 5.67. The van der Waals surface area contributed by atoms with E-state index >= 15 is 0 Å². The zero-order valence-electron chi connectivity index (χ0n) is 13.0. The van der Waals surface area contributed by atoms with Crippen LogP contribution in [0, 0.1) is 5.82 Å². The molecule has 1 aromatic carbocycles. The molecule has 0 spiro atoms. The zero-order chi connectivity index (χ0) is 16.3. The van der Waals surface area contributed by atoms with E-state index in [9.17, 15) is 8.60 Å². The molecule has 0 saturated heterocycles. The van der Waals surface area contributed by atoms with Crippen LogP contribution in [-0.4, -0.2) is 21.5 Å². The van der Waals surface area contributed by atoms with Crippen LogP contribution < -0.4 is 4.74 Å². The van der Waals surface area contributed by atoms with Gasteiger partial charge in [-0.15, -0.1) is 0 Å². The van der Waals surface area contributed by atoms with E-state index in [0.29, 0.717) is 17.3 Å². The van der Waals surface area contributed by atoms with Gasteiger partial charge in [0.05, 0.1) is 7.11 Å². The second kappa shape index (κ2) is 7.00. The first-order chi connectivity index (χ1) is 10.4. The molecule has 1 aromatic heterocycles. The molecule has 120 valence electrons. The van der Waals surface area contributed by atoms with Crippen LogP contribution in [0.2, 0.25) is 0 Å². The van der Waals surface area contributed by atoms with E-state index in [4.69, 9.17) is 9.26 Å². The number of benzene rings is 1. The average molecular weight is 326 g/mol. The molecule has 5 nitrogen and oxygen atoms in total. The van der Waals surface area contributed by atoms with Crippen molar-refractivity contribution in [3.63, 3.8) is 0 Å². The van der Waals surface area contributed by atoms with Crippen molar-refractivity contribution in [1.82, 2.24) is 10.1 Å². The minimum atomic E-state index is -1.29. The first-order valence-corrected chi connectivity index (χ1v) is 8.33.